The van der Waals surface area contributed by atoms with E-state index < -0.39 is 41.6 Å². The average molecular weight is 565 g/mol. The number of aliphatic hydroxyl groups is 1. The zero-order valence-corrected chi connectivity index (χ0v) is 22.3. The van der Waals surface area contributed by atoms with Gasteiger partial charge in [-0.2, -0.15) is 0 Å². The molecule has 0 saturated carbocycles. The number of hydrogen-bond donors (Lipinski definition) is 1. The number of anilines is 1. The van der Waals surface area contributed by atoms with E-state index in [9.17, 15) is 19.5 Å². The van der Waals surface area contributed by atoms with Crippen molar-refractivity contribution >= 4 is 39.4 Å². The smallest absolute Gasteiger partial charge is 0.312 e. The molecule has 2 amide bonds. The Morgan fingerprint density at radius 2 is 2.06 bits per heavy atom. The van der Waals surface area contributed by atoms with Crippen molar-refractivity contribution in [2.24, 2.45) is 11.8 Å². The molecule has 3 fully saturated rings. The molecule has 0 aliphatic carbocycles. The lowest BCUT2D eigenvalue weighted by Crippen LogP contribution is -2.59. The number of rotatable bonds is 10. The van der Waals surface area contributed by atoms with Crippen molar-refractivity contribution in [3.05, 3.63) is 36.9 Å². The molecule has 196 valence electrons. The summed E-state index contributed by atoms with van der Waals surface area (Å²) in [6.45, 7) is 7.43. The zero-order valence-electron chi connectivity index (χ0n) is 20.8. The van der Waals surface area contributed by atoms with E-state index in [0.29, 0.717) is 24.3 Å². The van der Waals surface area contributed by atoms with Gasteiger partial charge < -0.3 is 29.1 Å². The van der Waals surface area contributed by atoms with Crippen LogP contribution in [0.1, 0.15) is 26.7 Å². The fourth-order valence-corrected chi connectivity index (χ4v) is 6.97. The van der Waals surface area contributed by atoms with Gasteiger partial charge in [0.05, 0.1) is 44.3 Å². The van der Waals surface area contributed by atoms with Gasteiger partial charge in [0.15, 0.2) is 0 Å². The number of amides is 2. The molecule has 1 spiro atoms. The topological polar surface area (TPSA) is 106 Å². The number of hydrogen-bond acceptors (Lipinski definition) is 7. The van der Waals surface area contributed by atoms with Crippen molar-refractivity contribution in [3.8, 4) is 5.75 Å². The number of methoxy groups -OCH3 is 1. The van der Waals surface area contributed by atoms with Gasteiger partial charge in [-0.1, -0.05) is 28.9 Å². The third-order valence-electron chi connectivity index (χ3n) is 7.56. The standard InChI is InChI=1S/C26H33BrN2O7/c1-5-12-28(16-8-10-17(34-4)11-9-16)24(32)22-26-13-18(27)21(36-26)19(25(33)35-7-3)20(26)23(31)29(22)15(6-2)14-30/h5,8-11,15,18-22,30H,1,6-7,12-14H2,2-4H3/t15-,18?,19+,20-,21+,22?,26?/m0/s1. The summed E-state index contributed by atoms with van der Waals surface area (Å²) in [5.74, 6) is -2.28. The van der Waals surface area contributed by atoms with Crippen molar-refractivity contribution in [1.82, 2.24) is 4.90 Å². The molecule has 3 saturated heterocycles. The first kappa shape index (κ1) is 26.6. The fourth-order valence-electron chi connectivity index (χ4n) is 6.02. The molecule has 2 bridgehead atoms. The summed E-state index contributed by atoms with van der Waals surface area (Å²) in [5.41, 5.74) is -0.617. The largest absolute Gasteiger partial charge is 0.497 e. The maximum absolute atomic E-state index is 14.4. The second kappa shape index (κ2) is 10.5. The molecule has 1 aromatic rings. The summed E-state index contributed by atoms with van der Waals surface area (Å²) in [6, 6.07) is 5.40. The molecule has 0 aromatic heterocycles. The highest BCUT2D eigenvalue weighted by Crippen LogP contribution is 2.60. The number of esters is 1. The van der Waals surface area contributed by atoms with Crippen LogP contribution in [0.2, 0.25) is 0 Å². The molecule has 1 aromatic carbocycles. The van der Waals surface area contributed by atoms with Crippen molar-refractivity contribution < 1.29 is 33.7 Å². The highest BCUT2D eigenvalue weighted by molar-refractivity contribution is 9.09. The highest BCUT2D eigenvalue weighted by atomic mass is 79.9. The van der Waals surface area contributed by atoms with Crippen LogP contribution in [-0.4, -0.2) is 83.3 Å². The van der Waals surface area contributed by atoms with Crippen LogP contribution in [0.3, 0.4) is 0 Å². The first-order valence-electron chi connectivity index (χ1n) is 12.3. The molecule has 36 heavy (non-hydrogen) atoms. The van der Waals surface area contributed by atoms with Gasteiger partial charge in [-0.15, -0.1) is 6.58 Å². The molecule has 7 atom stereocenters. The van der Waals surface area contributed by atoms with E-state index in [1.54, 1.807) is 49.3 Å². The van der Waals surface area contributed by atoms with Crippen LogP contribution < -0.4 is 9.64 Å². The third kappa shape index (κ3) is 4.03. The van der Waals surface area contributed by atoms with Gasteiger partial charge >= 0.3 is 5.97 Å². The van der Waals surface area contributed by atoms with Crippen molar-refractivity contribution in [2.45, 2.75) is 55.3 Å². The molecule has 3 aliphatic rings. The minimum Gasteiger partial charge on any atom is -0.497 e. The zero-order chi connectivity index (χ0) is 26.2. The van der Waals surface area contributed by atoms with Crippen LogP contribution in [0.25, 0.3) is 0 Å². The molecule has 0 radical (unpaired) electrons. The fraction of sp³-hybridized carbons (Fsp3) is 0.577. The predicted molar refractivity (Wildman–Crippen MR) is 136 cm³/mol. The summed E-state index contributed by atoms with van der Waals surface area (Å²) >= 11 is 3.64. The van der Waals surface area contributed by atoms with E-state index in [-0.39, 0.29) is 36.4 Å². The predicted octanol–water partition coefficient (Wildman–Crippen LogP) is 2.30. The summed E-state index contributed by atoms with van der Waals surface area (Å²) in [4.78, 5) is 44.1. The first-order valence-corrected chi connectivity index (χ1v) is 13.2. The van der Waals surface area contributed by atoms with Crippen LogP contribution in [0.15, 0.2) is 36.9 Å². The van der Waals surface area contributed by atoms with Gasteiger partial charge in [-0.3, -0.25) is 14.4 Å². The second-order valence-corrected chi connectivity index (χ2v) is 10.5. The number of alkyl halides is 1. The number of halogens is 1. The molecule has 9 nitrogen and oxygen atoms in total. The molecule has 3 aliphatic heterocycles. The minimum absolute atomic E-state index is 0.174. The summed E-state index contributed by atoms with van der Waals surface area (Å²) in [7, 11) is 1.56. The average Bonchev–Trinajstić information content (AvgIpc) is 3.47. The Labute approximate surface area is 219 Å². The molecule has 3 heterocycles. The first-order chi connectivity index (χ1) is 17.3. The Hall–Kier alpha value is -2.43. The lowest BCUT2D eigenvalue weighted by molar-refractivity contribution is -0.155. The number of ether oxygens (including phenoxy) is 3. The Morgan fingerprint density at radius 3 is 2.61 bits per heavy atom. The van der Waals surface area contributed by atoms with E-state index >= 15 is 0 Å². The van der Waals surface area contributed by atoms with E-state index in [1.807, 2.05) is 6.92 Å². The number of carbonyl (C=O) groups is 3. The van der Waals surface area contributed by atoms with E-state index in [4.69, 9.17) is 14.2 Å². The molecule has 4 rings (SSSR count). The SMILES string of the molecule is C=CCN(C(=O)C1N([C@@H](CC)CO)C(=O)[C@@H]2[C@@H](C(=O)OCC)[C@@H]3OC12CC3Br)c1ccc(OC)cc1. The Morgan fingerprint density at radius 1 is 1.36 bits per heavy atom. The van der Waals surface area contributed by atoms with Crippen molar-refractivity contribution in [3.63, 3.8) is 0 Å². The maximum Gasteiger partial charge on any atom is 0.312 e. The maximum atomic E-state index is 14.4. The number of carbonyl (C=O) groups excluding carboxylic acids is 3. The monoisotopic (exact) mass is 564 g/mol. The Kier molecular flexibility index (Phi) is 7.78. The van der Waals surface area contributed by atoms with Crippen LogP contribution >= 0.6 is 15.9 Å². The number of aliphatic hydroxyl groups excluding tert-OH is 1. The minimum atomic E-state index is -1.22. The van der Waals surface area contributed by atoms with Gasteiger partial charge in [-0.05, 0) is 44.0 Å². The summed E-state index contributed by atoms with van der Waals surface area (Å²) in [6.07, 6.45) is 1.84. The highest BCUT2D eigenvalue weighted by Gasteiger charge is 2.77. The molecule has 3 unspecified atom stereocenters. The Balaban J connectivity index is 1.82. The van der Waals surface area contributed by atoms with Crippen molar-refractivity contribution in [2.75, 3.05) is 31.8 Å². The van der Waals surface area contributed by atoms with Crippen LogP contribution in [-0.2, 0) is 23.9 Å². The molecule has 10 heteroatoms. The van der Waals surface area contributed by atoms with Crippen LogP contribution in [0, 0.1) is 11.8 Å². The van der Waals surface area contributed by atoms with Crippen LogP contribution in [0.4, 0.5) is 5.69 Å². The summed E-state index contributed by atoms with van der Waals surface area (Å²) in [5, 5.41) is 10.2. The number of benzene rings is 1. The molecule has 1 N–H and O–H groups in total. The van der Waals surface area contributed by atoms with Gasteiger partial charge in [0.2, 0.25) is 5.91 Å². The van der Waals surface area contributed by atoms with Gasteiger partial charge in [-0.25, -0.2) is 0 Å². The number of fused-ring (bicyclic) bond motifs is 1. The second-order valence-electron chi connectivity index (χ2n) is 9.34. The van der Waals surface area contributed by atoms with Gasteiger partial charge in [0.1, 0.15) is 17.4 Å². The van der Waals surface area contributed by atoms with Crippen molar-refractivity contribution in [1.29, 1.82) is 0 Å². The third-order valence-corrected chi connectivity index (χ3v) is 8.40. The van der Waals surface area contributed by atoms with E-state index in [2.05, 4.69) is 22.5 Å². The summed E-state index contributed by atoms with van der Waals surface area (Å²) < 4.78 is 17.0. The normalized spacial score (nSPS) is 31.2. The number of likely N-dealkylation sites (tertiary alicyclic amines) is 1. The number of nitrogens with zero attached hydrogens (tertiary/aromatic N) is 2. The molecular weight excluding hydrogens is 532 g/mol. The Bertz CT molecular complexity index is 1010. The van der Waals surface area contributed by atoms with E-state index in [1.165, 1.54) is 4.90 Å². The van der Waals surface area contributed by atoms with Gasteiger partial charge in [0, 0.05) is 17.1 Å². The quantitative estimate of drug-likeness (QED) is 0.264. The molecular formula is C26H33BrN2O7. The van der Waals surface area contributed by atoms with E-state index in [0.717, 1.165) is 0 Å². The lowest BCUT2D eigenvalue weighted by Gasteiger charge is -2.39. The van der Waals surface area contributed by atoms with Crippen LogP contribution in [0.5, 0.6) is 5.75 Å². The lowest BCUT2D eigenvalue weighted by atomic mass is 9.70. The van der Waals surface area contributed by atoms with Gasteiger partial charge in [0.25, 0.3) is 5.91 Å².